The maximum Gasteiger partial charge on any atom is 0.416 e. The second-order valence-corrected chi connectivity index (χ2v) is 8.45. The molecule has 0 aromatic heterocycles. The molecule has 0 saturated carbocycles. The second kappa shape index (κ2) is 10.1. The zero-order chi connectivity index (χ0) is 24.3. The van der Waals surface area contributed by atoms with Crippen LogP contribution in [0.4, 0.5) is 13.2 Å². The molecule has 2 N–H and O–H groups in total. The van der Waals surface area contributed by atoms with Crippen LogP contribution in [-0.2, 0) is 22.3 Å². The van der Waals surface area contributed by atoms with Crippen molar-refractivity contribution in [1.82, 2.24) is 14.7 Å². The highest BCUT2D eigenvalue weighted by Crippen LogP contribution is 2.34. The number of carbonyl (C=O) groups excluding carboxylic acids is 2. The highest BCUT2D eigenvalue weighted by molar-refractivity contribution is 5.86. The fourth-order valence-electron chi connectivity index (χ4n) is 4.85. The van der Waals surface area contributed by atoms with Gasteiger partial charge < -0.3 is 15.5 Å². The molecule has 2 bridgehead atoms. The third kappa shape index (κ3) is 5.14. The lowest BCUT2D eigenvalue weighted by Crippen LogP contribution is -2.56. The van der Waals surface area contributed by atoms with Gasteiger partial charge in [-0.3, -0.25) is 14.5 Å². The number of amides is 2. The first-order chi connectivity index (χ1) is 15.7. The van der Waals surface area contributed by atoms with Gasteiger partial charge in [0.05, 0.1) is 23.7 Å². The summed E-state index contributed by atoms with van der Waals surface area (Å²) in [6.07, 6.45) is -2.34. The van der Waals surface area contributed by atoms with Gasteiger partial charge in [0.15, 0.2) is 0 Å². The number of fused-ring (bicyclic) bond motifs is 2. The Hall–Kier alpha value is -2.64. The Labute approximate surface area is 191 Å². The van der Waals surface area contributed by atoms with Crippen molar-refractivity contribution in [2.75, 3.05) is 19.6 Å². The van der Waals surface area contributed by atoms with E-state index in [4.69, 9.17) is 5.73 Å². The molecule has 10 heteroatoms. The van der Waals surface area contributed by atoms with Gasteiger partial charge in [0, 0.05) is 32.2 Å². The van der Waals surface area contributed by atoms with Crippen LogP contribution in [0.5, 0.6) is 0 Å². The largest absolute Gasteiger partial charge is 0.416 e. The molecular formula is C23H30F3N5O2. The number of hydrogen-bond donors (Lipinski definition) is 1. The Balaban J connectivity index is 0.00000149. The first-order valence-corrected chi connectivity index (χ1v) is 11.4. The van der Waals surface area contributed by atoms with Crippen LogP contribution in [0.25, 0.3) is 0 Å². The van der Waals surface area contributed by atoms with Crippen LogP contribution >= 0.6 is 0 Å². The highest BCUT2D eigenvalue weighted by atomic mass is 19.4. The molecule has 3 heterocycles. The average molecular weight is 466 g/mol. The smallest absolute Gasteiger partial charge is 0.333 e. The molecule has 4 rings (SSSR count). The molecule has 1 aromatic rings. The second-order valence-electron chi connectivity index (χ2n) is 8.45. The normalized spacial score (nSPS) is 25.6. The Morgan fingerprint density at radius 2 is 1.94 bits per heavy atom. The van der Waals surface area contributed by atoms with Crippen molar-refractivity contribution in [2.24, 2.45) is 5.73 Å². The molecule has 7 nitrogen and oxygen atoms in total. The van der Waals surface area contributed by atoms with Gasteiger partial charge in [0.2, 0.25) is 11.8 Å². The fourth-order valence-corrected chi connectivity index (χ4v) is 4.85. The van der Waals surface area contributed by atoms with Crippen LogP contribution in [0.15, 0.2) is 24.3 Å². The monoisotopic (exact) mass is 465 g/mol. The summed E-state index contributed by atoms with van der Waals surface area (Å²) in [5, 5.41) is 9.18. The van der Waals surface area contributed by atoms with Crippen molar-refractivity contribution >= 4 is 11.8 Å². The Kier molecular flexibility index (Phi) is 7.65. The quantitative estimate of drug-likeness (QED) is 0.721. The standard InChI is InChI=1S/C21H24F3N5O2.C2H6/c22-21(23,24)14-5-3-13(4-6-14)10-29-16-8-18(20(29)31)27(11-16)12-17(26)19(30)28-7-1-2-15(28)9-25;1-2/h3-6,15-18H,1-2,7-8,10-12,26H2;1-2H3/t15?,16-,17-,18?;/m0./s1. The van der Waals surface area contributed by atoms with Crippen molar-refractivity contribution in [3.8, 4) is 6.07 Å². The Bertz CT molecular complexity index is 899. The summed E-state index contributed by atoms with van der Waals surface area (Å²) in [5.41, 5.74) is 6.05. The van der Waals surface area contributed by atoms with Crippen molar-refractivity contribution in [3.05, 3.63) is 35.4 Å². The predicted octanol–water partition coefficient (Wildman–Crippen LogP) is 2.36. The number of hydrogen-bond acceptors (Lipinski definition) is 5. The first kappa shape index (κ1) is 25.0. The summed E-state index contributed by atoms with van der Waals surface area (Å²) in [6, 6.07) is 5.32. The predicted molar refractivity (Wildman–Crippen MR) is 115 cm³/mol. The number of halogens is 3. The van der Waals surface area contributed by atoms with E-state index in [0.717, 1.165) is 18.6 Å². The van der Waals surface area contributed by atoms with E-state index in [9.17, 15) is 28.0 Å². The van der Waals surface area contributed by atoms with E-state index < -0.39 is 23.8 Å². The summed E-state index contributed by atoms with van der Waals surface area (Å²) in [7, 11) is 0. The van der Waals surface area contributed by atoms with E-state index in [-0.39, 0.29) is 37.0 Å². The van der Waals surface area contributed by atoms with Crippen molar-refractivity contribution in [3.63, 3.8) is 0 Å². The number of piperazine rings is 1. The average Bonchev–Trinajstić information content (AvgIpc) is 3.50. The van der Waals surface area contributed by atoms with Crippen molar-refractivity contribution < 1.29 is 22.8 Å². The van der Waals surface area contributed by atoms with Gasteiger partial charge in [0.25, 0.3) is 0 Å². The van der Waals surface area contributed by atoms with E-state index in [2.05, 4.69) is 6.07 Å². The van der Waals surface area contributed by atoms with E-state index in [0.29, 0.717) is 31.5 Å². The van der Waals surface area contributed by atoms with Gasteiger partial charge in [-0.1, -0.05) is 26.0 Å². The molecule has 1 aromatic carbocycles. The third-order valence-electron chi connectivity index (χ3n) is 6.46. The topological polar surface area (TPSA) is 93.7 Å². The summed E-state index contributed by atoms with van der Waals surface area (Å²) in [5.74, 6) is -0.354. The molecule has 3 saturated heterocycles. The lowest BCUT2D eigenvalue weighted by molar-refractivity contribution is -0.139. The lowest BCUT2D eigenvalue weighted by Gasteiger charge is -2.35. The molecule has 4 atom stereocenters. The van der Waals surface area contributed by atoms with Gasteiger partial charge >= 0.3 is 6.18 Å². The number of nitrogens with zero attached hydrogens (tertiary/aromatic N) is 4. The van der Waals surface area contributed by atoms with E-state index in [1.54, 1.807) is 4.90 Å². The zero-order valence-corrected chi connectivity index (χ0v) is 18.9. The SMILES string of the molecule is CC.N#CC1CCCN1C(=O)[C@@H](N)CN1C[C@@H]2CC1C(=O)N2Cc1ccc(C(F)(F)F)cc1. The molecule has 0 aliphatic carbocycles. The Morgan fingerprint density at radius 1 is 1.27 bits per heavy atom. The van der Waals surface area contributed by atoms with Gasteiger partial charge in [-0.25, -0.2) is 0 Å². The molecule has 0 radical (unpaired) electrons. The molecule has 0 spiro atoms. The molecule has 3 aliphatic rings. The minimum Gasteiger partial charge on any atom is -0.333 e. The number of carbonyl (C=O) groups is 2. The molecule has 2 unspecified atom stereocenters. The van der Waals surface area contributed by atoms with Crippen molar-refractivity contribution in [2.45, 2.75) is 70.0 Å². The first-order valence-electron chi connectivity index (χ1n) is 11.4. The zero-order valence-electron chi connectivity index (χ0n) is 18.9. The maximum atomic E-state index is 12.8. The van der Waals surface area contributed by atoms with E-state index in [1.165, 1.54) is 17.0 Å². The number of nitriles is 1. The minimum absolute atomic E-state index is 0.0549. The van der Waals surface area contributed by atoms with Crippen LogP contribution in [-0.4, -0.2) is 70.3 Å². The van der Waals surface area contributed by atoms with Crippen LogP contribution in [0, 0.1) is 11.3 Å². The van der Waals surface area contributed by atoms with Crippen LogP contribution in [0.3, 0.4) is 0 Å². The Morgan fingerprint density at radius 3 is 2.52 bits per heavy atom. The summed E-state index contributed by atoms with van der Waals surface area (Å²) < 4.78 is 38.2. The van der Waals surface area contributed by atoms with Gasteiger partial charge in [0.1, 0.15) is 6.04 Å². The maximum absolute atomic E-state index is 12.8. The minimum atomic E-state index is -4.39. The van der Waals surface area contributed by atoms with Crippen molar-refractivity contribution in [1.29, 1.82) is 5.26 Å². The van der Waals surface area contributed by atoms with Gasteiger partial charge in [-0.05, 0) is 37.0 Å². The fraction of sp³-hybridized carbons (Fsp3) is 0.609. The molecule has 33 heavy (non-hydrogen) atoms. The number of rotatable bonds is 5. The van der Waals surface area contributed by atoms with Crippen LogP contribution < -0.4 is 5.73 Å². The summed E-state index contributed by atoms with van der Waals surface area (Å²) in [6.45, 7) is 5.60. The summed E-state index contributed by atoms with van der Waals surface area (Å²) >= 11 is 0. The van der Waals surface area contributed by atoms with E-state index >= 15 is 0 Å². The number of alkyl halides is 3. The van der Waals surface area contributed by atoms with Crippen LogP contribution in [0.2, 0.25) is 0 Å². The number of likely N-dealkylation sites (tertiary alicyclic amines) is 3. The highest BCUT2D eigenvalue weighted by Gasteiger charge is 2.50. The number of benzene rings is 1. The van der Waals surface area contributed by atoms with Gasteiger partial charge in [-0.2, -0.15) is 18.4 Å². The van der Waals surface area contributed by atoms with E-state index in [1.807, 2.05) is 18.7 Å². The molecule has 180 valence electrons. The third-order valence-corrected chi connectivity index (χ3v) is 6.46. The molecular weight excluding hydrogens is 435 g/mol. The summed E-state index contributed by atoms with van der Waals surface area (Å²) in [4.78, 5) is 30.6. The van der Waals surface area contributed by atoms with Crippen LogP contribution in [0.1, 0.15) is 44.2 Å². The van der Waals surface area contributed by atoms with Gasteiger partial charge in [-0.15, -0.1) is 0 Å². The molecule has 3 fully saturated rings. The number of nitrogens with two attached hydrogens (primary N) is 1. The molecule has 2 amide bonds. The lowest BCUT2D eigenvalue weighted by atomic mass is 10.1. The molecule has 3 aliphatic heterocycles.